The molecule has 6 atom stereocenters. The molecular formula is C24H32N2O7. The molecule has 9 nitrogen and oxygen atoms in total. The molecule has 1 spiro atoms. The predicted molar refractivity (Wildman–Crippen MR) is 120 cm³/mol. The van der Waals surface area contributed by atoms with E-state index in [9.17, 15) is 14.7 Å². The first-order chi connectivity index (χ1) is 15.9. The number of hydrogen-bond donors (Lipinski definition) is 2. The van der Waals surface area contributed by atoms with Crippen LogP contribution < -0.4 is 11.2 Å². The Morgan fingerprint density at radius 3 is 2.70 bits per heavy atom. The minimum Gasteiger partial charge on any atom is -0.386 e. The lowest BCUT2D eigenvalue weighted by molar-refractivity contribution is -0.243. The van der Waals surface area contributed by atoms with Gasteiger partial charge in [-0.05, 0) is 31.2 Å². The smallest absolute Gasteiger partial charge is 0.330 e. The summed E-state index contributed by atoms with van der Waals surface area (Å²) in [6.45, 7) is 4.00. The van der Waals surface area contributed by atoms with E-state index < -0.39 is 41.4 Å². The lowest BCUT2D eigenvalue weighted by Gasteiger charge is -2.47. The van der Waals surface area contributed by atoms with Crippen molar-refractivity contribution in [3.63, 3.8) is 0 Å². The average Bonchev–Trinajstić information content (AvgIpc) is 3.09. The molecule has 1 saturated carbocycles. The van der Waals surface area contributed by atoms with Crippen molar-refractivity contribution in [2.45, 2.75) is 69.9 Å². The minimum absolute atomic E-state index is 0.0203. The number of aryl methyl sites for hydroxylation is 1. The van der Waals surface area contributed by atoms with Crippen LogP contribution in [0, 0.1) is 12.8 Å². The van der Waals surface area contributed by atoms with Crippen molar-refractivity contribution >= 4 is 0 Å². The number of methoxy groups -OCH3 is 1. The molecule has 0 amide bonds. The highest BCUT2D eigenvalue weighted by Crippen LogP contribution is 2.51. The van der Waals surface area contributed by atoms with Gasteiger partial charge in [0.25, 0.3) is 5.56 Å². The summed E-state index contributed by atoms with van der Waals surface area (Å²) in [5, 5.41) is 11.5. The van der Waals surface area contributed by atoms with Gasteiger partial charge in [0, 0.05) is 18.9 Å². The molecule has 2 unspecified atom stereocenters. The van der Waals surface area contributed by atoms with Crippen LogP contribution in [0.1, 0.15) is 43.5 Å². The fourth-order valence-corrected chi connectivity index (χ4v) is 5.15. The van der Waals surface area contributed by atoms with E-state index in [0.29, 0.717) is 12.0 Å². The molecule has 33 heavy (non-hydrogen) atoms. The van der Waals surface area contributed by atoms with Gasteiger partial charge in [0.2, 0.25) is 0 Å². The Labute approximate surface area is 192 Å². The number of aromatic nitrogens is 2. The summed E-state index contributed by atoms with van der Waals surface area (Å²) in [4.78, 5) is 26.8. The quantitative estimate of drug-likeness (QED) is 0.607. The zero-order valence-corrected chi connectivity index (χ0v) is 19.2. The third-order valence-electron chi connectivity index (χ3n) is 6.83. The number of rotatable bonds is 7. The van der Waals surface area contributed by atoms with Gasteiger partial charge in [-0.25, -0.2) is 4.79 Å². The SMILES string of the molecule is COCO[C@H]1CCCC(C)C12O[C@@H](n1cc(C)c(=O)[nH]c1=O)[C@H](O)[C@H]2OCc1ccccc1. The van der Waals surface area contributed by atoms with Gasteiger partial charge in [0.05, 0.1) is 12.7 Å². The molecule has 2 N–H and O–H groups in total. The number of nitrogens with zero attached hydrogens (tertiary/aromatic N) is 1. The molecule has 1 aliphatic heterocycles. The first kappa shape index (κ1) is 23.8. The van der Waals surface area contributed by atoms with Crippen LogP contribution in [-0.4, -0.2) is 52.5 Å². The van der Waals surface area contributed by atoms with Gasteiger partial charge in [-0.2, -0.15) is 0 Å². The zero-order valence-electron chi connectivity index (χ0n) is 19.2. The van der Waals surface area contributed by atoms with Gasteiger partial charge in [-0.15, -0.1) is 0 Å². The third-order valence-corrected chi connectivity index (χ3v) is 6.83. The molecule has 4 rings (SSSR count). The minimum atomic E-state index is -1.16. The molecular weight excluding hydrogens is 428 g/mol. The Kier molecular flexibility index (Phi) is 7.16. The lowest BCUT2D eigenvalue weighted by atomic mass is 9.70. The van der Waals surface area contributed by atoms with Gasteiger partial charge < -0.3 is 24.1 Å². The highest BCUT2D eigenvalue weighted by atomic mass is 16.7. The Morgan fingerprint density at radius 1 is 1.21 bits per heavy atom. The van der Waals surface area contributed by atoms with E-state index in [0.717, 1.165) is 18.4 Å². The summed E-state index contributed by atoms with van der Waals surface area (Å²) < 4.78 is 25.4. The molecule has 0 radical (unpaired) electrons. The fraction of sp³-hybridized carbons (Fsp3) is 0.583. The van der Waals surface area contributed by atoms with Crippen LogP contribution in [0.25, 0.3) is 0 Å². The maximum atomic E-state index is 12.6. The molecule has 2 aromatic rings. The first-order valence-electron chi connectivity index (χ1n) is 11.3. The van der Waals surface area contributed by atoms with Crippen LogP contribution in [0.4, 0.5) is 0 Å². The Balaban J connectivity index is 1.75. The summed E-state index contributed by atoms with van der Waals surface area (Å²) >= 11 is 0. The van der Waals surface area contributed by atoms with Gasteiger partial charge in [-0.3, -0.25) is 14.3 Å². The van der Waals surface area contributed by atoms with Gasteiger partial charge >= 0.3 is 5.69 Å². The van der Waals surface area contributed by atoms with Gasteiger partial charge in [-0.1, -0.05) is 43.7 Å². The van der Waals surface area contributed by atoms with Gasteiger partial charge in [0.1, 0.15) is 24.6 Å². The van der Waals surface area contributed by atoms with Crippen LogP contribution >= 0.6 is 0 Å². The van der Waals surface area contributed by atoms with Crippen molar-refractivity contribution in [3.8, 4) is 0 Å². The third kappa shape index (κ3) is 4.43. The van der Waals surface area contributed by atoms with Crippen molar-refractivity contribution in [2.24, 2.45) is 5.92 Å². The standard InChI is InChI=1S/C24H32N2O7/c1-15-12-26(23(29)25-21(15)28)22-19(27)20(31-13-17-9-5-4-6-10-17)24(33-22)16(2)8-7-11-18(24)32-14-30-3/h4-6,9-10,12,16,18-20,22,27H,7-8,11,13-14H2,1-3H3,(H,25,28,29)/t16?,18-,19+,20+,22+,24?/m0/s1. The summed E-state index contributed by atoms with van der Waals surface area (Å²) in [7, 11) is 1.55. The number of H-pyrrole nitrogens is 1. The molecule has 180 valence electrons. The molecule has 2 aliphatic rings. The topological polar surface area (TPSA) is 112 Å². The van der Waals surface area contributed by atoms with E-state index in [1.807, 2.05) is 30.3 Å². The van der Waals surface area contributed by atoms with Crippen molar-refractivity contribution in [1.29, 1.82) is 0 Å². The molecule has 1 aliphatic carbocycles. The average molecular weight is 461 g/mol. The number of aromatic amines is 1. The van der Waals surface area contributed by atoms with E-state index in [4.69, 9.17) is 18.9 Å². The Morgan fingerprint density at radius 2 is 1.97 bits per heavy atom. The number of aliphatic hydroxyl groups excluding tert-OH is 1. The van der Waals surface area contributed by atoms with Gasteiger partial charge in [0.15, 0.2) is 6.23 Å². The molecule has 9 heteroatoms. The molecule has 2 fully saturated rings. The summed E-state index contributed by atoms with van der Waals surface area (Å²) in [6.07, 6.45) is 0.550. The fourth-order valence-electron chi connectivity index (χ4n) is 5.15. The van der Waals surface area contributed by atoms with Crippen LogP contribution in [0.5, 0.6) is 0 Å². The second-order valence-corrected chi connectivity index (χ2v) is 8.94. The largest absolute Gasteiger partial charge is 0.386 e. The first-order valence-corrected chi connectivity index (χ1v) is 11.3. The number of nitrogens with one attached hydrogen (secondary N) is 1. The second-order valence-electron chi connectivity index (χ2n) is 8.94. The summed E-state index contributed by atoms with van der Waals surface area (Å²) in [6, 6.07) is 9.68. The zero-order chi connectivity index (χ0) is 23.6. The molecule has 1 aromatic carbocycles. The molecule has 1 saturated heterocycles. The number of ether oxygens (including phenoxy) is 4. The molecule has 2 heterocycles. The van der Waals surface area contributed by atoms with Crippen LogP contribution in [0.15, 0.2) is 46.1 Å². The summed E-state index contributed by atoms with van der Waals surface area (Å²) in [5.74, 6) is -0.0203. The van der Waals surface area contributed by atoms with Crippen molar-refractivity contribution in [2.75, 3.05) is 13.9 Å². The Hall–Kier alpha value is -2.30. The van der Waals surface area contributed by atoms with E-state index >= 15 is 0 Å². The molecule has 1 aromatic heterocycles. The second kappa shape index (κ2) is 9.90. The van der Waals surface area contributed by atoms with E-state index in [1.54, 1.807) is 14.0 Å². The monoisotopic (exact) mass is 460 g/mol. The highest BCUT2D eigenvalue weighted by Gasteiger charge is 2.64. The number of aliphatic hydroxyl groups is 1. The maximum Gasteiger partial charge on any atom is 0.330 e. The van der Waals surface area contributed by atoms with Crippen LogP contribution in [0.3, 0.4) is 0 Å². The van der Waals surface area contributed by atoms with E-state index in [1.165, 1.54) is 10.8 Å². The Bertz CT molecular complexity index is 1050. The van der Waals surface area contributed by atoms with Crippen LogP contribution in [0.2, 0.25) is 0 Å². The molecule has 0 bridgehead atoms. The normalized spacial score (nSPS) is 31.8. The van der Waals surface area contributed by atoms with Crippen molar-refractivity contribution in [1.82, 2.24) is 9.55 Å². The number of benzene rings is 1. The van der Waals surface area contributed by atoms with E-state index in [-0.39, 0.29) is 19.3 Å². The number of hydrogen-bond acceptors (Lipinski definition) is 7. The summed E-state index contributed by atoms with van der Waals surface area (Å²) in [5.41, 5.74) is -0.816. The van der Waals surface area contributed by atoms with E-state index in [2.05, 4.69) is 11.9 Å². The maximum absolute atomic E-state index is 12.6. The lowest BCUT2D eigenvalue weighted by Crippen LogP contribution is -2.60. The highest BCUT2D eigenvalue weighted by molar-refractivity contribution is 5.15. The predicted octanol–water partition coefficient (Wildman–Crippen LogP) is 1.87. The van der Waals surface area contributed by atoms with Crippen molar-refractivity contribution in [3.05, 3.63) is 68.5 Å². The van der Waals surface area contributed by atoms with Crippen LogP contribution in [-0.2, 0) is 25.6 Å². The van der Waals surface area contributed by atoms with Crippen molar-refractivity contribution < 1.29 is 24.1 Å².